The van der Waals surface area contributed by atoms with E-state index in [-0.39, 0.29) is 59.3 Å². The molecule has 240 valence electrons. The van der Waals surface area contributed by atoms with Crippen LogP contribution in [0, 0.1) is 29.6 Å². The molecule has 2 aliphatic rings. The van der Waals surface area contributed by atoms with Gasteiger partial charge >= 0.3 is 13.3 Å². The zero-order chi connectivity index (χ0) is 32.5. The van der Waals surface area contributed by atoms with Gasteiger partial charge in [0.1, 0.15) is 5.82 Å². The number of nitrogens with one attached hydrogen (secondary N) is 2. The quantitative estimate of drug-likeness (QED) is 0.330. The highest BCUT2D eigenvalue weighted by Gasteiger charge is 2.44. The van der Waals surface area contributed by atoms with Gasteiger partial charge in [-0.15, -0.1) is 0 Å². The molecule has 0 spiro atoms. The van der Waals surface area contributed by atoms with Crippen molar-refractivity contribution in [2.45, 2.75) is 84.9 Å². The average Bonchev–Trinajstić information content (AvgIpc) is 2.93. The number of halogens is 3. The summed E-state index contributed by atoms with van der Waals surface area (Å²) in [6, 6.07) is 4.70. The second kappa shape index (κ2) is 13.0. The first kappa shape index (κ1) is 34.2. The fraction of sp³-hybridized carbons (Fsp3) is 0.633. The Morgan fingerprint density at radius 3 is 2.48 bits per heavy atom. The van der Waals surface area contributed by atoms with Crippen molar-refractivity contribution in [2.75, 3.05) is 37.1 Å². The number of nitriles is 1. The second-order valence-corrected chi connectivity index (χ2v) is 18.8. The molecule has 9 nitrogen and oxygen atoms in total. The first-order chi connectivity index (χ1) is 20.4. The predicted molar refractivity (Wildman–Crippen MR) is 167 cm³/mol. The zero-order valence-electron chi connectivity index (χ0n) is 26.8. The molecular weight excluding hydrogens is 590 g/mol. The van der Waals surface area contributed by atoms with E-state index in [4.69, 9.17) is 18.5 Å². The van der Waals surface area contributed by atoms with Crippen LogP contribution in [-0.4, -0.2) is 57.9 Å². The lowest BCUT2D eigenvalue weighted by Crippen LogP contribution is -2.51. The Labute approximate surface area is 259 Å². The number of nitrogens with zero attached hydrogens (tertiary/aromatic N) is 3. The largest absolute Gasteiger partial charge is 0.494 e. The fourth-order valence-corrected chi connectivity index (χ4v) is 5.69. The minimum absolute atomic E-state index is 0.0458. The number of aromatic nitrogens is 2. The summed E-state index contributed by atoms with van der Waals surface area (Å²) in [5.74, 6) is 0.320. The van der Waals surface area contributed by atoms with E-state index in [1.165, 1.54) is 0 Å². The van der Waals surface area contributed by atoms with Crippen LogP contribution in [-0.2, 0) is 31.3 Å². The highest BCUT2D eigenvalue weighted by atomic mass is 28.4. The zero-order valence-corrected chi connectivity index (χ0v) is 27.8. The number of rotatable bonds is 8. The van der Waals surface area contributed by atoms with Gasteiger partial charge in [0.25, 0.3) is 0 Å². The Hall–Kier alpha value is -2.70. The maximum absolute atomic E-state index is 14.7. The molecule has 2 fully saturated rings. The van der Waals surface area contributed by atoms with Gasteiger partial charge in [-0.3, -0.25) is 0 Å². The van der Waals surface area contributed by atoms with E-state index in [2.05, 4.69) is 60.5 Å². The van der Waals surface area contributed by atoms with E-state index >= 15 is 0 Å². The minimum Gasteiger partial charge on any atom is -0.413 e. The monoisotopic (exact) mass is 633 g/mol. The Morgan fingerprint density at radius 2 is 1.86 bits per heavy atom. The van der Waals surface area contributed by atoms with Crippen LogP contribution in [0.15, 0.2) is 18.3 Å². The average molecular weight is 634 g/mol. The first-order valence-corrected chi connectivity index (χ1v) is 17.8. The Morgan fingerprint density at radius 1 is 1.18 bits per heavy atom. The number of aryl methyl sites for hydroxylation is 1. The maximum atomic E-state index is 14.7. The van der Waals surface area contributed by atoms with Crippen LogP contribution in [0.1, 0.15) is 57.7 Å². The third-order valence-corrected chi connectivity index (χ3v) is 13.0. The van der Waals surface area contributed by atoms with E-state index in [0.29, 0.717) is 31.0 Å². The summed E-state index contributed by atoms with van der Waals surface area (Å²) in [5.41, 5.74) is -0.0795. The fourth-order valence-electron chi connectivity index (χ4n) is 4.74. The van der Waals surface area contributed by atoms with Crippen molar-refractivity contribution in [2.24, 2.45) is 11.3 Å². The van der Waals surface area contributed by atoms with Crippen molar-refractivity contribution in [3.05, 3.63) is 35.0 Å². The first-order valence-electron chi connectivity index (χ1n) is 14.9. The van der Waals surface area contributed by atoms with Gasteiger partial charge in [0.2, 0.25) is 5.95 Å². The number of alkyl halides is 3. The molecule has 0 bridgehead atoms. The van der Waals surface area contributed by atoms with E-state index in [0.717, 1.165) is 11.6 Å². The summed E-state index contributed by atoms with van der Waals surface area (Å²) in [6.07, 6.45) is -2.52. The maximum Gasteiger partial charge on any atom is 0.494 e. The van der Waals surface area contributed by atoms with Crippen LogP contribution in [0.5, 0.6) is 0 Å². The molecule has 0 amide bonds. The number of ether oxygens (including phenoxy) is 1. The molecule has 1 aromatic carbocycles. The molecule has 2 N–H and O–H groups in total. The van der Waals surface area contributed by atoms with Gasteiger partial charge in [0, 0.05) is 48.1 Å². The summed E-state index contributed by atoms with van der Waals surface area (Å²) in [4.78, 5) is 8.86. The van der Waals surface area contributed by atoms with Gasteiger partial charge < -0.3 is 29.1 Å². The lowest BCUT2D eigenvalue weighted by atomic mass is 9.70. The van der Waals surface area contributed by atoms with Gasteiger partial charge in [-0.2, -0.15) is 23.4 Å². The molecule has 44 heavy (non-hydrogen) atoms. The van der Waals surface area contributed by atoms with Crippen molar-refractivity contribution in [1.29, 1.82) is 5.26 Å². The van der Waals surface area contributed by atoms with Gasteiger partial charge in [0.15, 0.2) is 8.32 Å². The molecule has 14 heteroatoms. The molecule has 0 radical (unpaired) electrons. The molecule has 3 heterocycles. The normalized spacial score (nSPS) is 21.1. The lowest BCUT2D eigenvalue weighted by Gasteiger charge is -2.37. The van der Waals surface area contributed by atoms with Crippen molar-refractivity contribution >= 4 is 38.4 Å². The van der Waals surface area contributed by atoms with Gasteiger partial charge in [-0.05, 0) is 49.2 Å². The summed E-state index contributed by atoms with van der Waals surface area (Å²) in [5, 5.41) is 15.6. The highest BCUT2D eigenvalue weighted by molar-refractivity contribution is 6.74. The third kappa shape index (κ3) is 8.11. The van der Waals surface area contributed by atoms with Crippen molar-refractivity contribution in [3.8, 4) is 6.07 Å². The molecule has 2 aromatic rings. The van der Waals surface area contributed by atoms with E-state index in [9.17, 15) is 18.4 Å². The minimum atomic E-state index is -4.70. The van der Waals surface area contributed by atoms with E-state index in [1.54, 1.807) is 12.3 Å². The van der Waals surface area contributed by atoms with Crippen molar-refractivity contribution < 1.29 is 31.6 Å². The lowest BCUT2D eigenvalue weighted by molar-refractivity contribution is -0.137. The summed E-state index contributed by atoms with van der Waals surface area (Å²) < 4.78 is 67.9. The molecule has 4 rings (SSSR count). The number of anilines is 3. The number of hydrogen-bond donors (Lipinski definition) is 2. The summed E-state index contributed by atoms with van der Waals surface area (Å²) in [6.45, 7) is 17.4. The molecule has 1 unspecified atom stereocenters. The summed E-state index contributed by atoms with van der Waals surface area (Å²) in [7, 11) is -3.52. The van der Waals surface area contributed by atoms with Crippen LogP contribution in [0.25, 0.3) is 0 Å². The molecule has 2 saturated heterocycles. The van der Waals surface area contributed by atoms with E-state index < -0.39 is 27.2 Å². The second-order valence-electron chi connectivity index (χ2n) is 14.0. The van der Waals surface area contributed by atoms with Crippen LogP contribution in [0.4, 0.5) is 30.6 Å². The highest BCUT2D eigenvalue weighted by Crippen LogP contribution is 2.38. The molecule has 0 saturated carbocycles. The van der Waals surface area contributed by atoms with Crippen LogP contribution < -0.4 is 16.1 Å². The van der Waals surface area contributed by atoms with Gasteiger partial charge in [-0.25, -0.2) is 4.98 Å². The smallest absolute Gasteiger partial charge is 0.413 e. The SMILES string of the molecule is Cc1cnc(Nc2cc(CO[Si](C)(C)C(C)(C)C)c(B3OCC(C)(C)CO3)c(C(F)(F)F)c2)nc1N[C@H]1COCCC1C#N. The van der Waals surface area contributed by atoms with Gasteiger partial charge in [-0.1, -0.05) is 34.6 Å². The van der Waals surface area contributed by atoms with Crippen LogP contribution in [0.2, 0.25) is 18.1 Å². The number of benzene rings is 1. The summed E-state index contributed by atoms with van der Waals surface area (Å²) >= 11 is 0. The molecule has 1 aromatic heterocycles. The Balaban J connectivity index is 1.72. The van der Waals surface area contributed by atoms with Crippen molar-refractivity contribution in [1.82, 2.24) is 9.97 Å². The number of hydrogen-bond acceptors (Lipinski definition) is 9. The molecule has 2 atom stereocenters. The third-order valence-electron chi connectivity index (χ3n) is 8.52. The van der Waals surface area contributed by atoms with E-state index in [1.807, 2.05) is 20.8 Å². The molecular formula is C30H43BF3N5O4Si. The predicted octanol–water partition coefficient (Wildman–Crippen LogP) is 6.18. The Kier molecular flexibility index (Phi) is 10.1. The van der Waals surface area contributed by atoms with Crippen LogP contribution >= 0.6 is 0 Å². The molecule has 2 aliphatic heterocycles. The van der Waals surface area contributed by atoms with Crippen LogP contribution in [0.3, 0.4) is 0 Å². The molecule has 0 aliphatic carbocycles. The standard InChI is InChI=1S/C30H43BF3N5O4Si/c1-19-14-36-27(39-26(19)38-24-16-40-10-9-20(24)13-35)37-22-11-21(15-43-44(7,8)28(2,3)4)25(23(12-22)30(32,33)34)31-41-17-29(5,6)18-42-31/h11-12,14,20,24H,9-10,15-18H2,1-8H3,(H2,36,37,38,39)/t20?,24-/m0/s1. The topological polar surface area (TPSA) is 111 Å². The van der Waals surface area contributed by atoms with Gasteiger partial charge in [0.05, 0.1) is 36.8 Å². The Bertz CT molecular complexity index is 1370. The van der Waals surface area contributed by atoms with Crippen molar-refractivity contribution in [3.63, 3.8) is 0 Å².